The third kappa shape index (κ3) is 6.25. The van der Waals surface area contributed by atoms with Crippen LogP contribution in [0.5, 0.6) is 0 Å². The third-order valence-electron chi connectivity index (χ3n) is 5.57. The van der Waals surface area contributed by atoms with Gasteiger partial charge in [0.05, 0.1) is 29.2 Å². The summed E-state index contributed by atoms with van der Waals surface area (Å²) >= 11 is 3.14. The topological polar surface area (TPSA) is 142 Å². The molecule has 0 radical (unpaired) electrons. The maximum absolute atomic E-state index is 14.6. The highest BCUT2D eigenvalue weighted by atomic mass is 79.9. The van der Waals surface area contributed by atoms with E-state index in [0.29, 0.717) is 10.0 Å². The van der Waals surface area contributed by atoms with Crippen molar-refractivity contribution in [1.82, 2.24) is 19.7 Å². The van der Waals surface area contributed by atoms with Gasteiger partial charge in [0.2, 0.25) is 5.78 Å². The summed E-state index contributed by atoms with van der Waals surface area (Å²) in [6, 6.07) is 5.67. The van der Waals surface area contributed by atoms with Crippen molar-refractivity contribution in [2.75, 3.05) is 11.9 Å². The van der Waals surface area contributed by atoms with E-state index in [1.807, 2.05) is 0 Å². The highest BCUT2D eigenvalue weighted by Gasteiger charge is 2.36. The molecule has 0 spiro atoms. The Balaban J connectivity index is 1.46. The van der Waals surface area contributed by atoms with Gasteiger partial charge in [-0.1, -0.05) is 12.1 Å². The molecule has 35 heavy (non-hydrogen) atoms. The lowest BCUT2D eigenvalue weighted by atomic mass is 10.1. The van der Waals surface area contributed by atoms with Gasteiger partial charge < -0.3 is 5.32 Å². The van der Waals surface area contributed by atoms with Gasteiger partial charge in [0.25, 0.3) is 0 Å². The van der Waals surface area contributed by atoms with Crippen LogP contribution in [0.25, 0.3) is 0 Å². The Kier molecular flexibility index (Phi) is 7.54. The predicted molar refractivity (Wildman–Crippen MR) is 125 cm³/mol. The summed E-state index contributed by atoms with van der Waals surface area (Å²) in [6.45, 7) is -0.119. The Morgan fingerprint density at radius 1 is 1.31 bits per heavy atom. The SMILES string of the molecule is NS(=O)(=O)OC[C@@H]1C[C@H](F)[C@H](Nc2ncncc2C(=O)c2ccn(Cc3cccc(Br)c3F)n2)C1. The number of nitrogens with one attached hydrogen (secondary N) is 1. The van der Waals surface area contributed by atoms with Crippen LogP contribution in [0, 0.1) is 11.7 Å². The Bertz CT molecular complexity index is 1340. The zero-order valence-electron chi connectivity index (χ0n) is 18.1. The van der Waals surface area contributed by atoms with E-state index in [2.05, 4.69) is 40.5 Å². The summed E-state index contributed by atoms with van der Waals surface area (Å²) < 4.78 is 57.2. The lowest BCUT2D eigenvalue weighted by molar-refractivity contribution is 0.103. The molecule has 1 saturated carbocycles. The Hall–Kier alpha value is -2.81. The number of benzene rings is 1. The average molecular weight is 571 g/mol. The Morgan fingerprint density at radius 2 is 2.11 bits per heavy atom. The van der Waals surface area contributed by atoms with E-state index in [1.54, 1.807) is 24.4 Å². The number of hydrogen-bond donors (Lipinski definition) is 2. The van der Waals surface area contributed by atoms with Crippen LogP contribution in [0.3, 0.4) is 0 Å². The standard InChI is InChI=1S/C21H21BrF2N6O4S/c22-15-3-1-2-13(19(15)24)9-30-5-4-17(29-30)20(31)14-8-26-11-27-21(14)28-18-7-12(6-16(18)23)10-34-35(25,32)33/h1-5,8,11-12,16,18H,6-7,9-10H2,(H2,25,32,33)(H,26,27,28)/t12-,16+,18-/m1/s1. The first-order chi connectivity index (χ1) is 16.6. The van der Waals surface area contributed by atoms with E-state index in [-0.39, 0.29) is 49.0 Å². The summed E-state index contributed by atoms with van der Waals surface area (Å²) in [5.41, 5.74) is 0.562. The molecule has 186 valence electrons. The van der Waals surface area contributed by atoms with Crippen molar-refractivity contribution in [3.63, 3.8) is 0 Å². The van der Waals surface area contributed by atoms with E-state index in [1.165, 1.54) is 23.3 Å². The average Bonchev–Trinajstić information content (AvgIpc) is 3.41. The van der Waals surface area contributed by atoms with Crippen LogP contribution in [0.15, 0.2) is 47.5 Å². The highest BCUT2D eigenvalue weighted by molar-refractivity contribution is 9.10. The Morgan fingerprint density at radius 3 is 2.89 bits per heavy atom. The number of carbonyl (C=O) groups excluding carboxylic acids is 1. The van der Waals surface area contributed by atoms with E-state index in [4.69, 9.17) is 5.14 Å². The molecule has 0 bridgehead atoms. The second-order valence-corrected chi connectivity index (χ2v) is 10.2. The van der Waals surface area contributed by atoms with Gasteiger partial charge in [-0.25, -0.2) is 23.9 Å². The molecule has 2 aromatic heterocycles. The number of nitrogens with two attached hydrogens (primary N) is 1. The molecule has 1 aliphatic carbocycles. The monoisotopic (exact) mass is 570 g/mol. The molecule has 1 fully saturated rings. The first kappa shape index (κ1) is 25.3. The molecular formula is C21H21BrF2N6O4S. The first-order valence-corrected chi connectivity index (χ1v) is 12.8. The molecule has 0 unspecified atom stereocenters. The third-order valence-corrected chi connectivity index (χ3v) is 6.64. The molecule has 0 aliphatic heterocycles. The number of alkyl halides is 1. The summed E-state index contributed by atoms with van der Waals surface area (Å²) in [5.74, 6) is -1.16. The van der Waals surface area contributed by atoms with E-state index < -0.39 is 34.1 Å². The van der Waals surface area contributed by atoms with Crippen molar-refractivity contribution in [3.05, 3.63) is 70.1 Å². The number of ketones is 1. The number of carbonyl (C=O) groups is 1. The lowest BCUT2D eigenvalue weighted by Gasteiger charge is -2.17. The molecule has 2 heterocycles. The minimum absolute atomic E-state index is 0.0676. The minimum atomic E-state index is -4.12. The normalized spacial score (nSPS) is 20.2. The first-order valence-electron chi connectivity index (χ1n) is 10.5. The van der Waals surface area contributed by atoms with Gasteiger partial charge in [0, 0.05) is 18.0 Å². The molecule has 14 heteroatoms. The largest absolute Gasteiger partial charge is 0.364 e. The number of nitrogens with zero attached hydrogens (tertiary/aromatic N) is 4. The van der Waals surface area contributed by atoms with Crippen molar-refractivity contribution in [3.8, 4) is 0 Å². The van der Waals surface area contributed by atoms with Gasteiger partial charge in [0.15, 0.2) is 0 Å². The number of halogens is 3. The maximum atomic E-state index is 14.6. The van der Waals surface area contributed by atoms with Crippen LogP contribution in [0.2, 0.25) is 0 Å². The zero-order valence-corrected chi connectivity index (χ0v) is 20.5. The van der Waals surface area contributed by atoms with Crippen molar-refractivity contribution in [2.45, 2.75) is 31.6 Å². The number of hydrogen-bond acceptors (Lipinski definition) is 8. The summed E-state index contributed by atoms with van der Waals surface area (Å²) in [7, 11) is -4.12. The quantitative estimate of drug-likeness (QED) is 0.374. The molecular weight excluding hydrogens is 550 g/mol. The lowest BCUT2D eigenvalue weighted by Crippen LogP contribution is -2.27. The fourth-order valence-corrected chi connectivity index (χ4v) is 4.69. The van der Waals surface area contributed by atoms with Gasteiger partial charge in [-0.3, -0.25) is 13.7 Å². The van der Waals surface area contributed by atoms with Gasteiger partial charge in [-0.2, -0.15) is 13.5 Å². The number of aromatic nitrogens is 4. The van der Waals surface area contributed by atoms with Crippen LogP contribution in [0.4, 0.5) is 14.6 Å². The van der Waals surface area contributed by atoms with Crippen LogP contribution >= 0.6 is 15.9 Å². The number of rotatable bonds is 9. The molecule has 1 aromatic carbocycles. The molecule has 3 N–H and O–H groups in total. The highest BCUT2D eigenvalue weighted by Crippen LogP contribution is 2.32. The van der Waals surface area contributed by atoms with E-state index >= 15 is 0 Å². The molecule has 10 nitrogen and oxygen atoms in total. The molecule has 0 saturated heterocycles. The zero-order chi connectivity index (χ0) is 25.2. The van der Waals surface area contributed by atoms with Crippen LogP contribution in [-0.4, -0.2) is 52.8 Å². The number of anilines is 1. The van der Waals surface area contributed by atoms with Crippen molar-refractivity contribution in [2.24, 2.45) is 11.1 Å². The van der Waals surface area contributed by atoms with Crippen LogP contribution < -0.4 is 10.5 Å². The van der Waals surface area contributed by atoms with Gasteiger partial charge in [-0.15, -0.1) is 0 Å². The molecule has 3 atom stereocenters. The Labute approximate surface area is 208 Å². The van der Waals surface area contributed by atoms with E-state index in [9.17, 15) is 22.0 Å². The second-order valence-electron chi connectivity index (χ2n) is 8.11. The van der Waals surface area contributed by atoms with E-state index in [0.717, 1.165) is 0 Å². The summed E-state index contributed by atoms with van der Waals surface area (Å²) in [5, 5.41) is 12.0. The van der Waals surface area contributed by atoms with Crippen molar-refractivity contribution >= 4 is 37.8 Å². The second kappa shape index (κ2) is 10.4. The minimum Gasteiger partial charge on any atom is -0.364 e. The maximum Gasteiger partial charge on any atom is 0.333 e. The fraction of sp³-hybridized carbons (Fsp3) is 0.333. The molecule has 4 rings (SSSR count). The van der Waals surface area contributed by atoms with Crippen molar-refractivity contribution in [1.29, 1.82) is 0 Å². The summed E-state index contributed by atoms with van der Waals surface area (Å²) in [4.78, 5) is 21.1. The van der Waals surface area contributed by atoms with Crippen LogP contribution in [0.1, 0.15) is 34.5 Å². The predicted octanol–water partition coefficient (Wildman–Crippen LogP) is 2.60. The van der Waals surface area contributed by atoms with Crippen LogP contribution in [-0.2, 0) is 21.0 Å². The molecule has 1 aliphatic rings. The molecule has 0 amide bonds. The summed E-state index contributed by atoms with van der Waals surface area (Å²) in [6.07, 6.45) is 3.07. The molecule has 3 aromatic rings. The van der Waals surface area contributed by atoms with Crippen molar-refractivity contribution < 1.29 is 26.2 Å². The van der Waals surface area contributed by atoms with Gasteiger partial charge >= 0.3 is 10.3 Å². The smallest absolute Gasteiger partial charge is 0.333 e. The van der Waals surface area contributed by atoms with Gasteiger partial charge in [0.1, 0.15) is 29.8 Å². The van der Waals surface area contributed by atoms with Gasteiger partial charge in [-0.05, 0) is 46.8 Å². The fourth-order valence-electron chi connectivity index (χ4n) is 3.90.